The zero-order chi connectivity index (χ0) is 13.7. The monoisotopic (exact) mass is 270 g/mol. The van der Waals surface area contributed by atoms with Gasteiger partial charge in [0, 0.05) is 39.1 Å². The lowest BCUT2D eigenvalue weighted by molar-refractivity contribution is -0.133. The van der Waals surface area contributed by atoms with Crippen molar-refractivity contribution in [2.45, 2.75) is 44.8 Å². The second-order valence-corrected chi connectivity index (χ2v) is 5.63. The summed E-state index contributed by atoms with van der Waals surface area (Å²) in [7, 11) is 0. The van der Waals surface area contributed by atoms with Gasteiger partial charge >= 0.3 is 0 Å². The van der Waals surface area contributed by atoms with E-state index in [0.29, 0.717) is 12.5 Å². The number of amides is 1. The Kier molecular flexibility index (Phi) is 5.60. The van der Waals surface area contributed by atoms with Gasteiger partial charge in [-0.2, -0.15) is 0 Å². The van der Waals surface area contributed by atoms with Gasteiger partial charge in [0.1, 0.15) is 0 Å². The molecule has 19 heavy (non-hydrogen) atoms. The molecule has 0 bridgehead atoms. The number of nitrogens with zero attached hydrogens (tertiary/aromatic N) is 2. The Morgan fingerprint density at radius 3 is 2.58 bits per heavy atom. The molecule has 110 valence electrons. The van der Waals surface area contributed by atoms with E-state index in [1.165, 1.54) is 0 Å². The molecule has 0 radical (unpaired) electrons. The number of piperazine rings is 1. The number of ether oxygens (including phenoxy) is 1. The summed E-state index contributed by atoms with van der Waals surface area (Å²) in [5.41, 5.74) is 0. The maximum Gasteiger partial charge on any atom is 0.222 e. The molecule has 2 aliphatic heterocycles. The van der Waals surface area contributed by atoms with Crippen molar-refractivity contribution in [1.29, 1.82) is 0 Å². The molecule has 1 amide bonds. The molecule has 0 saturated carbocycles. The Morgan fingerprint density at radius 2 is 2.00 bits per heavy atom. The Hall–Kier alpha value is -0.650. The quantitative estimate of drug-likeness (QED) is 0.789. The van der Waals surface area contributed by atoms with E-state index in [2.05, 4.69) is 11.8 Å². The van der Waals surface area contributed by atoms with Gasteiger partial charge in [-0.1, -0.05) is 0 Å². The van der Waals surface area contributed by atoms with Crippen molar-refractivity contribution >= 4 is 5.91 Å². The van der Waals surface area contributed by atoms with E-state index in [1.807, 2.05) is 4.90 Å². The second-order valence-electron chi connectivity index (χ2n) is 5.63. The zero-order valence-electron chi connectivity index (χ0n) is 11.9. The summed E-state index contributed by atoms with van der Waals surface area (Å²) < 4.78 is 5.74. The van der Waals surface area contributed by atoms with Crippen molar-refractivity contribution in [3.8, 4) is 0 Å². The molecule has 1 N–H and O–H groups in total. The molecule has 2 unspecified atom stereocenters. The average Bonchev–Trinajstić information content (AvgIpc) is 2.83. The normalized spacial score (nSPS) is 28.8. The highest BCUT2D eigenvalue weighted by Gasteiger charge is 2.25. The first-order valence-electron chi connectivity index (χ1n) is 7.45. The number of hydrogen-bond acceptors (Lipinski definition) is 4. The van der Waals surface area contributed by atoms with Crippen LogP contribution in [0.1, 0.15) is 32.6 Å². The fraction of sp³-hybridized carbons (Fsp3) is 0.929. The summed E-state index contributed by atoms with van der Waals surface area (Å²) in [6, 6.07) is 0. The molecular weight excluding hydrogens is 244 g/mol. The molecule has 2 atom stereocenters. The Labute approximate surface area is 115 Å². The molecule has 0 aliphatic carbocycles. The van der Waals surface area contributed by atoms with E-state index < -0.39 is 0 Å². The molecule has 0 aromatic carbocycles. The predicted molar refractivity (Wildman–Crippen MR) is 72.9 cm³/mol. The summed E-state index contributed by atoms with van der Waals surface area (Å²) in [5.74, 6) is 0.256. The second kappa shape index (κ2) is 7.22. The molecular formula is C14H26N2O3. The molecule has 0 aromatic rings. The molecule has 2 rings (SSSR count). The van der Waals surface area contributed by atoms with Gasteiger partial charge in [-0.15, -0.1) is 0 Å². The van der Waals surface area contributed by atoms with Crippen LogP contribution in [0.4, 0.5) is 0 Å². The minimum absolute atomic E-state index is 0.200. The van der Waals surface area contributed by atoms with Gasteiger partial charge in [0.15, 0.2) is 0 Å². The van der Waals surface area contributed by atoms with Crippen LogP contribution in [0.5, 0.6) is 0 Å². The van der Waals surface area contributed by atoms with E-state index in [0.717, 1.165) is 52.0 Å². The number of aliphatic hydroxyl groups excluding tert-OH is 1. The first-order chi connectivity index (χ1) is 9.19. The van der Waals surface area contributed by atoms with Crippen molar-refractivity contribution in [3.05, 3.63) is 0 Å². The topological polar surface area (TPSA) is 53.0 Å². The highest BCUT2D eigenvalue weighted by Crippen LogP contribution is 2.22. The summed E-state index contributed by atoms with van der Waals surface area (Å²) in [6.45, 7) is 6.36. The van der Waals surface area contributed by atoms with Crippen molar-refractivity contribution in [2.24, 2.45) is 0 Å². The molecule has 2 saturated heterocycles. The van der Waals surface area contributed by atoms with Crippen LogP contribution in [0.3, 0.4) is 0 Å². The number of aliphatic hydroxyl groups is 1. The maximum absolute atomic E-state index is 12.1. The summed E-state index contributed by atoms with van der Waals surface area (Å²) in [6.07, 6.45) is 4.34. The Balaban J connectivity index is 1.64. The van der Waals surface area contributed by atoms with Crippen LogP contribution < -0.4 is 0 Å². The third-order valence-electron chi connectivity index (χ3n) is 4.14. The van der Waals surface area contributed by atoms with Crippen molar-refractivity contribution in [2.75, 3.05) is 39.3 Å². The van der Waals surface area contributed by atoms with Gasteiger partial charge in [0.05, 0.1) is 18.8 Å². The Bertz CT molecular complexity index is 290. The summed E-state index contributed by atoms with van der Waals surface area (Å²) in [4.78, 5) is 16.3. The predicted octanol–water partition coefficient (Wildman–Crippen LogP) is 0.471. The first kappa shape index (κ1) is 14.8. The van der Waals surface area contributed by atoms with E-state index in [9.17, 15) is 4.79 Å². The molecule has 5 nitrogen and oxygen atoms in total. The Morgan fingerprint density at radius 1 is 1.26 bits per heavy atom. The third kappa shape index (κ3) is 4.44. The van der Waals surface area contributed by atoms with Crippen molar-refractivity contribution < 1.29 is 14.6 Å². The van der Waals surface area contributed by atoms with Gasteiger partial charge in [-0.3, -0.25) is 9.69 Å². The molecule has 2 fully saturated rings. The van der Waals surface area contributed by atoms with Gasteiger partial charge in [-0.05, 0) is 26.2 Å². The fourth-order valence-electron chi connectivity index (χ4n) is 2.90. The molecule has 0 spiro atoms. The van der Waals surface area contributed by atoms with Crippen LogP contribution in [0.25, 0.3) is 0 Å². The van der Waals surface area contributed by atoms with Gasteiger partial charge in [-0.25, -0.2) is 0 Å². The lowest BCUT2D eigenvalue weighted by atomic mass is 10.1. The fourth-order valence-corrected chi connectivity index (χ4v) is 2.90. The number of rotatable bonds is 5. The van der Waals surface area contributed by atoms with E-state index in [-0.39, 0.29) is 18.6 Å². The van der Waals surface area contributed by atoms with Gasteiger partial charge in [0.25, 0.3) is 0 Å². The van der Waals surface area contributed by atoms with Crippen molar-refractivity contribution in [3.63, 3.8) is 0 Å². The van der Waals surface area contributed by atoms with Crippen LogP contribution in [-0.2, 0) is 9.53 Å². The number of carbonyl (C=O) groups excluding carboxylic acids is 1. The van der Waals surface area contributed by atoms with E-state index in [1.54, 1.807) is 0 Å². The van der Waals surface area contributed by atoms with Crippen LogP contribution in [-0.4, -0.2) is 72.4 Å². The lowest BCUT2D eigenvalue weighted by Crippen LogP contribution is -2.49. The highest BCUT2D eigenvalue weighted by molar-refractivity contribution is 5.76. The van der Waals surface area contributed by atoms with Gasteiger partial charge < -0.3 is 14.7 Å². The molecule has 2 aliphatic rings. The largest absolute Gasteiger partial charge is 0.395 e. The molecule has 2 heterocycles. The van der Waals surface area contributed by atoms with E-state index >= 15 is 0 Å². The van der Waals surface area contributed by atoms with Crippen LogP contribution in [0.2, 0.25) is 0 Å². The lowest BCUT2D eigenvalue weighted by Gasteiger charge is -2.34. The minimum Gasteiger partial charge on any atom is -0.395 e. The number of carbonyl (C=O) groups is 1. The minimum atomic E-state index is 0.200. The number of β-amino-alcohol motifs (C(OH)–C–C–N with tert-alkyl or cyclic N) is 1. The van der Waals surface area contributed by atoms with Crippen LogP contribution >= 0.6 is 0 Å². The standard InChI is InChI=1S/C14H26N2O3/c1-12-2-3-13(19-12)4-5-14(18)16-8-6-15(7-9-16)10-11-17/h12-13,17H,2-11H2,1H3. The maximum atomic E-state index is 12.1. The number of hydrogen-bond donors (Lipinski definition) is 1. The van der Waals surface area contributed by atoms with E-state index in [4.69, 9.17) is 9.84 Å². The third-order valence-corrected chi connectivity index (χ3v) is 4.14. The first-order valence-corrected chi connectivity index (χ1v) is 7.45. The molecule has 5 heteroatoms. The SMILES string of the molecule is CC1CCC(CCC(=O)N2CCN(CCO)CC2)O1. The summed E-state index contributed by atoms with van der Waals surface area (Å²) >= 11 is 0. The molecule has 0 aromatic heterocycles. The van der Waals surface area contributed by atoms with Crippen LogP contribution in [0, 0.1) is 0 Å². The summed E-state index contributed by atoms with van der Waals surface area (Å²) in [5, 5.41) is 8.88. The zero-order valence-corrected chi connectivity index (χ0v) is 11.9. The smallest absolute Gasteiger partial charge is 0.222 e. The van der Waals surface area contributed by atoms with Crippen LogP contribution in [0.15, 0.2) is 0 Å². The highest BCUT2D eigenvalue weighted by atomic mass is 16.5. The van der Waals surface area contributed by atoms with Crippen molar-refractivity contribution in [1.82, 2.24) is 9.80 Å². The van der Waals surface area contributed by atoms with Gasteiger partial charge in [0.2, 0.25) is 5.91 Å². The average molecular weight is 270 g/mol.